The van der Waals surface area contributed by atoms with Crippen LogP contribution >= 0.6 is 0 Å². The number of rotatable bonds is 14. The van der Waals surface area contributed by atoms with Crippen molar-refractivity contribution in [3.63, 3.8) is 0 Å². The Labute approximate surface area is 294 Å². The Hall–Kier alpha value is -3.88. The highest BCUT2D eigenvalue weighted by atomic mass is 16.6. The molecule has 0 bridgehead atoms. The van der Waals surface area contributed by atoms with Crippen molar-refractivity contribution in [2.75, 3.05) is 0 Å². The number of ether oxygens (including phenoxy) is 2. The summed E-state index contributed by atoms with van der Waals surface area (Å²) in [6.45, 7) is 24.4. The zero-order valence-corrected chi connectivity index (χ0v) is 32.1. The van der Waals surface area contributed by atoms with Crippen LogP contribution in [0.4, 0.5) is 4.79 Å². The van der Waals surface area contributed by atoms with E-state index in [0.29, 0.717) is 17.9 Å². The molecule has 0 aliphatic carbocycles. The molecule has 2 rings (SSSR count). The minimum atomic E-state index is -1.11. The third-order valence-electron chi connectivity index (χ3n) is 8.25. The summed E-state index contributed by atoms with van der Waals surface area (Å²) in [5.74, 6) is -1.45. The predicted molar refractivity (Wildman–Crippen MR) is 195 cm³/mol. The highest BCUT2D eigenvalue weighted by Crippen LogP contribution is 2.32. The van der Waals surface area contributed by atoms with E-state index in [1.807, 2.05) is 83.1 Å². The minimum Gasteiger partial charge on any atom is -0.458 e. The molecule has 9 heteroatoms. The molecule has 0 spiro atoms. The molecule has 3 amide bonds. The first-order chi connectivity index (χ1) is 22.6. The maximum absolute atomic E-state index is 14.9. The van der Waals surface area contributed by atoms with E-state index < -0.39 is 59.2 Å². The Morgan fingerprint density at radius 2 is 1.35 bits per heavy atom. The molecule has 272 valence electrons. The van der Waals surface area contributed by atoms with Gasteiger partial charge in [0.05, 0.1) is 0 Å². The van der Waals surface area contributed by atoms with Crippen LogP contribution in [0.2, 0.25) is 0 Å². The summed E-state index contributed by atoms with van der Waals surface area (Å²) in [6.07, 6.45) is 0.920. The number of hydrogen-bond acceptors (Lipinski definition) is 6. The molecule has 0 aliphatic heterocycles. The molecule has 0 fully saturated rings. The molecular formula is C40H61N3O6. The van der Waals surface area contributed by atoms with Crippen LogP contribution in [0.15, 0.2) is 48.5 Å². The van der Waals surface area contributed by atoms with Crippen LogP contribution in [0, 0.1) is 25.7 Å². The molecule has 4 unspecified atom stereocenters. The summed E-state index contributed by atoms with van der Waals surface area (Å²) < 4.78 is 11.3. The van der Waals surface area contributed by atoms with Gasteiger partial charge in [0.1, 0.15) is 29.3 Å². The first kappa shape index (κ1) is 41.3. The number of benzene rings is 2. The second kappa shape index (κ2) is 17.7. The van der Waals surface area contributed by atoms with Crippen LogP contribution < -0.4 is 10.6 Å². The van der Waals surface area contributed by atoms with Crippen molar-refractivity contribution in [3.05, 3.63) is 70.8 Å². The van der Waals surface area contributed by atoms with E-state index in [4.69, 9.17) is 9.47 Å². The van der Waals surface area contributed by atoms with E-state index in [1.54, 1.807) is 46.4 Å². The molecule has 0 aromatic heterocycles. The van der Waals surface area contributed by atoms with Gasteiger partial charge in [-0.3, -0.25) is 9.59 Å². The first-order valence-corrected chi connectivity index (χ1v) is 17.6. The van der Waals surface area contributed by atoms with Gasteiger partial charge in [0.25, 0.3) is 0 Å². The second-order valence-corrected chi connectivity index (χ2v) is 15.9. The van der Waals surface area contributed by atoms with E-state index in [0.717, 1.165) is 23.1 Å². The van der Waals surface area contributed by atoms with Crippen LogP contribution in [-0.2, 0) is 30.3 Å². The molecule has 0 aliphatic rings. The quantitative estimate of drug-likeness (QED) is 0.199. The number of alkyl carbamates (subject to hydrolysis) is 1. The average Bonchev–Trinajstić information content (AvgIpc) is 2.97. The Morgan fingerprint density at radius 1 is 0.755 bits per heavy atom. The Morgan fingerprint density at radius 3 is 1.88 bits per heavy atom. The number of nitrogens with one attached hydrogen (secondary N) is 2. The summed E-state index contributed by atoms with van der Waals surface area (Å²) in [5, 5.41) is 5.81. The van der Waals surface area contributed by atoms with E-state index in [9.17, 15) is 19.2 Å². The second-order valence-electron chi connectivity index (χ2n) is 15.9. The van der Waals surface area contributed by atoms with Gasteiger partial charge in [0.15, 0.2) is 0 Å². The molecule has 0 radical (unpaired) electrons. The standard InChI is InChI=1S/C40H61N3O6/c1-25(2)22-23-28(6)43(36(45)33(26(3)4)42-38(47)49-40(11,12)13)34(31-21-17-18-27(5)29(31)7)35(44)41-32(37(46)48-39(8,9)10)24-30-19-15-14-16-20-30/h14-21,25-26,28,32-34H,22-24H2,1-13H3,(H,41,44)(H,42,47). The van der Waals surface area contributed by atoms with Crippen molar-refractivity contribution < 1.29 is 28.7 Å². The largest absolute Gasteiger partial charge is 0.458 e. The van der Waals surface area contributed by atoms with E-state index >= 15 is 0 Å². The van der Waals surface area contributed by atoms with Gasteiger partial charge < -0.3 is 25.0 Å². The zero-order valence-electron chi connectivity index (χ0n) is 32.1. The summed E-state index contributed by atoms with van der Waals surface area (Å²) in [6, 6.07) is 11.6. The van der Waals surface area contributed by atoms with Crippen molar-refractivity contribution in [3.8, 4) is 0 Å². The molecule has 49 heavy (non-hydrogen) atoms. The smallest absolute Gasteiger partial charge is 0.408 e. The van der Waals surface area contributed by atoms with Crippen molar-refractivity contribution >= 4 is 23.9 Å². The summed E-state index contributed by atoms with van der Waals surface area (Å²) in [7, 11) is 0. The van der Waals surface area contributed by atoms with Crippen molar-refractivity contribution in [1.29, 1.82) is 0 Å². The summed E-state index contributed by atoms with van der Waals surface area (Å²) >= 11 is 0. The molecule has 0 saturated heterocycles. The number of carbonyl (C=O) groups excluding carboxylic acids is 4. The molecule has 9 nitrogen and oxygen atoms in total. The minimum absolute atomic E-state index is 0.201. The zero-order chi connectivity index (χ0) is 37.3. The number of carbonyl (C=O) groups is 4. The lowest BCUT2D eigenvalue weighted by atomic mass is 9.91. The van der Waals surface area contributed by atoms with Crippen LogP contribution in [0.5, 0.6) is 0 Å². The average molecular weight is 680 g/mol. The monoisotopic (exact) mass is 679 g/mol. The lowest BCUT2D eigenvalue weighted by Gasteiger charge is -2.40. The van der Waals surface area contributed by atoms with Crippen LogP contribution in [0.25, 0.3) is 0 Å². The van der Waals surface area contributed by atoms with Crippen molar-refractivity contribution in [2.45, 2.75) is 145 Å². The van der Waals surface area contributed by atoms with Gasteiger partial charge in [-0.2, -0.15) is 0 Å². The maximum atomic E-state index is 14.9. The number of nitrogens with zero attached hydrogens (tertiary/aromatic N) is 1. The Kier molecular flexibility index (Phi) is 14.9. The molecular weight excluding hydrogens is 618 g/mol. The Balaban J connectivity index is 2.76. The van der Waals surface area contributed by atoms with Gasteiger partial charge in [0, 0.05) is 12.5 Å². The van der Waals surface area contributed by atoms with Gasteiger partial charge >= 0.3 is 12.1 Å². The Bertz CT molecular complexity index is 1410. The van der Waals surface area contributed by atoms with E-state index in [-0.39, 0.29) is 12.3 Å². The fourth-order valence-electron chi connectivity index (χ4n) is 5.58. The number of hydrogen-bond donors (Lipinski definition) is 2. The van der Waals surface area contributed by atoms with Gasteiger partial charge in [0.2, 0.25) is 11.8 Å². The third kappa shape index (κ3) is 13.2. The highest BCUT2D eigenvalue weighted by molar-refractivity contribution is 5.94. The molecule has 2 aromatic rings. The molecule has 4 atom stereocenters. The maximum Gasteiger partial charge on any atom is 0.408 e. The van der Waals surface area contributed by atoms with Crippen LogP contribution in [-0.4, -0.2) is 58.1 Å². The number of aryl methyl sites for hydroxylation is 1. The normalized spacial score (nSPS) is 14.4. The van der Waals surface area contributed by atoms with E-state index in [2.05, 4.69) is 24.5 Å². The first-order valence-electron chi connectivity index (χ1n) is 17.6. The van der Waals surface area contributed by atoms with Gasteiger partial charge in [-0.1, -0.05) is 76.2 Å². The fourth-order valence-corrected chi connectivity index (χ4v) is 5.58. The molecule has 0 saturated carbocycles. The van der Waals surface area contributed by atoms with Gasteiger partial charge in [-0.05, 0) is 109 Å². The fraction of sp³-hybridized carbons (Fsp3) is 0.600. The van der Waals surface area contributed by atoms with Crippen molar-refractivity contribution in [2.24, 2.45) is 11.8 Å². The lowest BCUT2D eigenvalue weighted by Crippen LogP contribution is -2.58. The number of amides is 3. The van der Waals surface area contributed by atoms with Crippen LogP contribution in [0.3, 0.4) is 0 Å². The van der Waals surface area contributed by atoms with Gasteiger partial charge in [-0.25, -0.2) is 9.59 Å². The van der Waals surface area contributed by atoms with E-state index in [1.165, 1.54) is 0 Å². The highest BCUT2D eigenvalue weighted by Gasteiger charge is 2.42. The third-order valence-corrected chi connectivity index (χ3v) is 8.25. The predicted octanol–water partition coefficient (Wildman–Crippen LogP) is 7.62. The number of esters is 1. The SMILES string of the molecule is Cc1cccc(C(C(=O)NC(Cc2ccccc2)C(=O)OC(C)(C)C)N(C(=O)C(NC(=O)OC(C)(C)C)C(C)C)C(C)CCC(C)C)c1C. The van der Waals surface area contributed by atoms with Crippen molar-refractivity contribution in [1.82, 2.24) is 15.5 Å². The molecule has 2 aromatic carbocycles. The molecule has 2 N–H and O–H groups in total. The van der Waals surface area contributed by atoms with Gasteiger partial charge in [-0.15, -0.1) is 0 Å². The summed E-state index contributed by atoms with van der Waals surface area (Å²) in [4.78, 5) is 58.0. The summed E-state index contributed by atoms with van der Waals surface area (Å²) in [5.41, 5.74) is 1.75. The topological polar surface area (TPSA) is 114 Å². The van der Waals surface area contributed by atoms with Crippen LogP contribution in [0.1, 0.15) is 117 Å². The molecule has 0 heterocycles. The lowest BCUT2D eigenvalue weighted by molar-refractivity contribution is -0.159.